The van der Waals surface area contributed by atoms with Gasteiger partial charge in [-0.05, 0) is 22.8 Å². The third kappa shape index (κ3) is 4.08. The standard InChI is InChI=1S/C28H26N2O3/c31-19-26(21-11-5-2-6-12-21)30-27(32)15-22(16-28(30)33)24-18-29(17-20-9-3-1-4-10-20)25-14-8-7-13-23(24)25/h1-14,18,22,26,31H,15-17,19H2/t26-/m0/s1. The van der Waals surface area contributed by atoms with Gasteiger partial charge >= 0.3 is 0 Å². The van der Waals surface area contributed by atoms with Crippen LogP contribution in [0.15, 0.2) is 91.1 Å². The van der Waals surface area contributed by atoms with Gasteiger partial charge in [0.15, 0.2) is 0 Å². The SMILES string of the molecule is O=C1CC(c2cn(Cc3ccccc3)c3ccccc23)CC(=O)N1[C@@H](CO)c1ccccc1. The third-order valence-corrected chi connectivity index (χ3v) is 6.50. The number of hydrogen-bond donors (Lipinski definition) is 1. The minimum atomic E-state index is -0.647. The number of likely N-dealkylation sites (tertiary alicyclic amines) is 1. The molecule has 5 rings (SSSR count). The van der Waals surface area contributed by atoms with Crippen LogP contribution < -0.4 is 0 Å². The topological polar surface area (TPSA) is 62.5 Å². The molecule has 5 heteroatoms. The van der Waals surface area contributed by atoms with Gasteiger partial charge in [-0.25, -0.2) is 0 Å². The molecule has 1 saturated heterocycles. The molecule has 0 aliphatic carbocycles. The number of rotatable bonds is 6. The predicted octanol–water partition coefficient (Wildman–Crippen LogP) is 4.66. The van der Waals surface area contributed by atoms with Crippen molar-refractivity contribution in [1.82, 2.24) is 9.47 Å². The molecule has 3 aromatic carbocycles. The van der Waals surface area contributed by atoms with Crippen molar-refractivity contribution < 1.29 is 14.7 Å². The molecule has 1 aliphatic rings. The first-order valence-electron chi connectivity index (χ1n) is 11.3. The lowest BCUT2D eigenvalue weighted by molar-refractivity contribution is -0.153. The number of hydrogen-bond acceptors (Lipinski definition) is 3. The lowest BCUT2D eigenvalue weighted by Gasteiger charge is -2.35. The highest BCUT2D eigenvalue weighted by molar-refractivity contribution is 6.00. The number of imide groups is 1. The molecule has 0 radical (unpaired) electrons. The molecule has 0 spiro atoms. The Morgan fingerprint density at radius 1 is 0.818 bits per heavy atom. The highest BCUT2D eigenvalue weighted by atomic mass is 16.3. The summed E-state index contributed by atoms with van der Waals surface area (Å²) in [6, 6.07) is 27.0. The summed E-state index contributed by atoms with van der Waals surface area (Å²) in [7, 11) is 0. The van der Waals surface area contributed by atoms with Crippen LogP contribution in [0.1, 0.15) is 41.5 Å². The first-order chi connectivity index (χ1) is 16.2. The number of aromatic nitrogens is 1. The average molecular weight is 439 g/mol. The molecule has 4 aromatic rings. The fourth-order valence-corrected chi connectivity index (χ4v) is 4.92. The highest BCUT2D eigenvalue weighted by Gasteiger charge is 2.38. The Bertz CT molecular complexity index is 1260. The van der Waals surface area contributed by atoms with Crippen LogP contribution >= 0.6 is 0 Å². The van der Waals surface area contributed by atoms with Gasteiger partial charge in [-0.2, -0.15) is 0 Å². The molecule has 0 bridgehead atoms. The van der Waals surface area contributed by atoms with Gasteiger partial charge in [0, 0.05) is 42.4 Å². The number of piperidine rings is 1. The van der Waals surface area contributed by atoms with E-state index in [0.29, 0.717) is 0 Å². The summed E-state index contributed by atoms with van der Waals surface area (Å²) in [5.74, 6) is -0.656. The Balaban J connectivity index is 1.45. The molecule has 1 atom stereocenters. The maximum atomic E-state index is 13.2. The zero-order valence-electron chi connectivity index (χ0n) is 18.3. The van der Waals surface area contributed by atoms with Crippen molar-refractivity contribution in [1.29, 1.82) is 0 Å². The Labute approximate surface area is 192 Å². The van der Waals surface area contributed by atoms with Crippen molar-refractivity contribution in [2.75, 3.05) is 6.61 Å². The van der Waals surface area contributed by atoms with Crippen molar-refractivity contribution >= 4 is 22.7 Å². The van der Waals surface area contributed by atoms with Gasteiger partial charge in [0.1, 0.15) is 0 Å². The summed E-state index contributed by atoms with van der Waals surface area (Å²) in [6.45, 7) is 0.436. The Kier molecular flexibility index (Phi) is 5.80. The van der Waals surface area contributed by atoms with Gasteiger partial charge < -0.3 is 9.67 Å². The number of carbonyl (C=O) groups is 2. The van der Waals surface area contributed by atoms with Crippen molar-refractivity contribution in [2.24, 2.45) is 0 Å². The van der Waals surface area contributed by atoms with Crippen LogP contribution in [0.2, 0.25) is 0 Å². The second-order valence-corrected chi connectivity index (χ2v) is 8.59. The molecular weight excluding hydrogens is 412 g/mol. The fourth-order valence-electron chi connectivity index (χ4n) is 4.92. The quantitative estimate of drug-likeness (QED) is 0.446. The normalized spacial score (nSPS) is 15.8. The molecule has 166 valence electrons. The van der Waals surface area contributed by atoms with Crippen LogP contribution in [-0.4, -0.2) is 33.0 Å². The maximum absolute atomic E-state index is 13.2. The molecule has 0 saturated carbocycles. The van der Waals surface area contributed by atoms with Gasteiger partial charge in [0.2, 0.25) is 11.8 Å². The van der Waals surface area contributed by atoms with Gasteiger partial charge in [-0.15, -0.1) is 0 Å². The summed E-state index contributed by atoms with van der Waals surface area (Å²) in [4.78, 5) is 27.6. The predicted molar refractivity (Wildman–Crippen MR) is 128 cm³/mol. The zero-order valence-corrected chi connectivity index (χ0v) is 18.3. The number of benzene rings is 3. The molecule has 1 aliphatic heterocycles. The van der Waals surface area contributed by atoms with Gasteiger partial charge in [0.25, 0.3) is 0 Å². The maximum Gasteiger partial charge on any atom is 0.230 e. The van der Waals surface area contributed by atoms with E-state index in [4.69, 9.17) is 0 Å². The molecule has 2 amide bonds. The molecule has 1 N–H and O–H groups in total. The summed E-state index contributed by atoms with van der Waals surface area (Å²) in [5, 5.41) is 11.1. The van der Waals surface area contributed by atoms with E-state index >= 15 is 0 Å². The largest absolute Gasteiger partial charge is 0.394 e. The number of para-hydroxylation sites is 1. The Morgan fingerprint density at radius 2 is 1.42 bits per heavy atom. The molecule has 1 fully saturated rings. The van der Waals surface area contributed by atoms with Crippen LogP contribution in [0.4, 0.5) is 0 Å². The van der Waals surface area contributed by atoms with Crippen LogP contribution in [0.5, 0.6) is 0 Å². The summed E-state index contributed by atoms with van der Waals surface area (Å²) >= 11 is 0. The first-order valence-corrected chi connectivity index (χ1v) is 11.3. The number of amides is 2. The summed E-state index contributed by atoms with van der Waals surface area (Å²) < 4.78 is 2.20. The number of aliphatic hydroxyl groups excluding tert-OH is 1. The lowest BCUT2D eigenvalue weighted by Crippen LogP contribution is -2.46. The monoisotopic (exact) mass is 438 g/mol. The summed E-state index contributed by atoms with van der Waals surface area (Å²) in [6.07, 6.45) is 2.59. The van der Waals surface area contributed by atoms with E-state index in [9.17, 15) is 14.7 Å². The van der Waals surface area contributed by atoms with E-state index < -0.39 is 6.04 Å². The summed E-state index contributed by atoms with van der Waals surface area (Å²) in [5.41, 5.74) is 4.08. The second kappa shape index (κ2) is 9.04. The second-order valence-electron chi connectivity index (χ2n) is 8.59. The van der Waals surface area contributed by atoms with E-state index in [2.05, 4.69) is 35.0 Å². The smallest absolute Gasteiger partial charge is 0.230 e. The highest BCUT2D eigenvalue weighted by Crippen LogP contribution is 2.38. The number of aliphatic hydroxyl groups is 1. The van der Waals surface area contributed by atoms with Crippen molar-refractivity contribution in [3.8, 4) is 0 Å². The molecule has 5 nitrogen and oxygen atoms in total. The Morgan fingerprint density at radius 3 is 2.09 bits per heavy atom. The minimum Gasteiger partial charge on any atom is -0.394 e. The number of carbonyl (C=O) groups excluding carboxylic acids is 2. The van der Waals surface area contributed by atoms with Crippen LogP contribution in [0.3, 0.4) is 0 Å². The van der Waals surface area contributed by atoms with Gasteiger partial charge in [0.05, 0.1) is 12.6 Å². The minimum absolute atomic E-state index is 0.182. The van der Waals surface area contributed by atoms with Crippen molar-refractivity contribution in [2.45, 2.75) is 31.3 Å². The lowest BCUT2D eigenvalue weighted by atomic mass is 9.87. The van der Waals surface area contributed by atoms with Gasteiger partial charge in [-0.3, -0.25) is 14.5 Å². The van der Waals surface area contributed by atoms with E-state index in [1.54, 1.807) is 0 Å². The van der Waals surface area contributed by atoms with E-state index in [1.165, 1.54) is 10.5 Å². The van der Waals surface area contributed by atoms with E-state index in [-0.39, 0.29) is 37.2 Å². The van der Waals surface area contributed by atoms with Crippen molar-refractivity contribution in [3.63, 3.8) is 0 Å². The Hall–Kier alpha value is -3.70. The fraction of sp³-hybridized carbons (Fsp3) is 0.214. The van der Waals surface area contributed by atoms with Crippen LogP contribution in [-0.2, 0) is 16.1 Å². The zero-order chi connectivity index (χ0) is 22.8. The molecular formula is C28H26N2O3. The van der Waals surface area contributed by atoms with Crippen LogP contribution in [0.25, 0.3) is 10.9 Å². The van der Waals surface area contributed by atoms with E-state index in [0.717, 1.165) is 28.6 Å². The number of fused-ring (bicyclic) bond motifs is 1. The number of nitrogens with zero attached hydrogens (tertiary/aromatic N) is 2. The third-order valence-electron chi connectivity index (χ3n) is 6.50. The molecule has 33 heavy (non-hydrogen) atoms. The molecule has 2 heterocycles. The van der Waals surface area contributed by atoms with Crippen molar-refractivity contribution in [3.05, 3.63) is 108 Å². The van der Waals surface area contributed by atoms with E-state index in [1.807, 2.05) is 60.7 Å². The average Bonchev–Trinajstić information content (AvgIpc) is 3.21. The first kappa shape index (κ1) is 21.2. The molecule has 0 unspecified atom stereocenters. The molecule has 1 aromatic heterocycles. The van der Waals surface area contributed by atoms with Gasteiger partial charge in [-0.1, -0.05) is 78.9 Å². The van der Waals surface area contributed by atoms with Crippen LogP contribution in [0, 0.1) is 0 Å².